The molecule has 0 radical (unpaired) electrons. The first-order chi connectivity index (χ1) is 12.4. The number of alkyl carbamates (subject to hydrolysis) is 1. The van der Waals surface area contributed by atoms with Crippen LogP contribution in [0, 0.1) is 5.92 Å². The first kappa shape index (κ1) is 19.4. The molecule has 0 bridgehead atoms. The molecule has 2 rings (SSSR count). The van der Waals surface area contributed by atoms with Gasteiger partial charge in [-0.25, -0.2) is 14.3 Å². The molecule has 2 aromatic rings. The van der Waals surface area contributed by atoms with E-state index in [0.29, 0.717) is 0 Å². The Balaban J connectivity index is 2.07. The van der Waals surface area contributed by atoms with Crippen LogP contribution in [-0.2, 0) is 14.3 Å². The van der Waals surface area contributed by atoms with E-state index in [1.54, 1.807) is 13.8 Å². The first-order valence-electron chi connectivity index (χ1n) is 8.39. The van der Waals surface area contributed by atoms with Gasteiger partial charge >= 0.3 is 12.1 Å². The molecule has 0 saturated carbocycles. The molecule has 1 aromatic carbocycles. The Bertz CT molecular complexity index is 733. The fraction of sp³-hybridized carbons (Fsp3) is 0.471. The highest BCUT2D eigenvalue weighted by Gasteiger charge is 2.28. The molecule has 1 amide bonds. The molecule has 0 aliphatic carbocycles. The van der Waals surface area contributed by atoms with Gasteiger partial charge < -0.3 is 14.8 Å². The number of nitrogens with zero attached hydrogens (tertiary/aromatic N) is 4. The highest BCUT2D eigenvalue weighted by molar-refractivity contribution is 5.81. The highest BCUT2D eigenvalue weighted by atomic mass is 16.6. The second-order valence-electron chi connectivity index (χ2n) is 6.01. The average Bonchev–Trinajstić information content (AvgIpc) is 3.14. The van der Waals surface area contributed by atoms with Crippen LogP contribution in [0.2, 0.25) is 0 Å². The quantitative estimate of drug-likeness (QED) is 0.752. The van der Waals surface area contributed by atoms with Crippen LogP contribution in [0.4, 0.5) is 4.79 Å². The van der Waals surface area contributed by atoms with Crippen LogP contribution < -0.4 is 5.32 Å². The van der Waals surface area contributed by atoms with Gasteiger partial charge in [-0.3, -0.25) is 0 Å². The fourth-order valence-electron chi connectivity index (χ4n) is 2.31. The number of hydrogen-bond donors (Lipinski definition) is 1. The molecule has 0 aliphatic heterocycles. The molecule has 0 fully saturated rings. The van der Waals surface area contributed by atoms with Gasteiger partial charge in [-0.1, -0.05) is 26.0 Å². The number of benzene rings is 1. The lowest BCUT2D eigenvalue weighted by atomic mass is 10.0. The van der Waals surface area contributed by atoms with Crippen molar-refractivity contribution in [2.75, 3.05) is 6.61 Å². The molecule has 1 heterocycles. The number of esters is 1. The second-order valence-corrected chi connectivity index (χ2v) is 6.01. The summed E-state index contributed by atoms with van der Waals surface area (Å²) in [6, 6.07) is 6.55. The lowest BCUT2D eigenvalue weighted by molar-refractivity contribution is -0.152. The largest absolute Gasteiger partial charge is 0.456 e. The van der Waals surface area contributed by atoms with Gasteiger partial charge in [0.05, 0.1) is 12.3 Å². The van der Waals surface area contributed by atoms with Crippen molar-refractivity contribution >= 4 is 12.1 Å². The number of aromatic nitrogens is 4. The molecule has 0 spiro atoms. The number of amides is 1. The summed E-state index contributed by atoms with van der Waals surface area (Å²) >= 11 is 0. The predicted molar refractivity (Wildman–Crippen MR) is 92.4 cm³/mol. The van der Waals surface area contributed by atoms with Crippen molar-refractivity contribution in [2.24, 2.45) is 5.92 Å². The number of hydrogen-bond acceptors (Lipinski definition) is 7. The zero-order valence-corrected chi connectivity index (χ0v) is 15.2. The number of nitrogens with one attached hydrogen (secondary N) is 1. The molecular weight excluding hydrogens is 338 g/mol. The number of carbonyl (C=O) groups excluding carboxylic acids is 2. The Morgan fingerprint density at radius 3 is 2.65 bits per heavy atom. The molecule has 9 heteroatoms. The van der Waals surface area contributed by atoms with Gasteiger partial charge in [-0.05, 0) is 47.9 Å². The Morgan fingerprint density at radius 1 is 1.27 bits per heavy atom. The summed E-state index contributed by atoms with van der Waals surface area (Å²) in [5, 5.41) is 13.6. The van der Waals surface area contributed by atoms with E-state index in [2.05, 4.69) is 20.8 Å². The number of tetrazole rings is 1. The van der Waals surface area contributed by atoms with Gasteiger partial charge in [0.25, 0.3) is 0 Å². The Kier molecular flexibility index (Phi) is 6.65. The van der Waals surface area contributed by atoms with Crippen molar-refractivity contribution in [1.82, 2.24) is 25.5 Å². The topological polar surface area (TPSA) is 108 Å². The van der Waals surface area contributed by atoms with Crippen molar-refractivity contribution < 1.29 is 19.1 Å². The van der Waals surface area contributed by atoms with Gasteiger partial charge in [0.15, 0.2) is 0 Å². The third kappa shape index (κ3) is 5.01. The van der Waals surface area contributed by atoms with Crippen molar-refractivity contribution in [3.05, 3.63) is 36.2 Å². The summed E-state index contributed by atoms with van der Waals surface area (Å²) < 4.78 is 11.9. The third-order valence-electron chi connectivity index (χ3n) is 3.72. The van der Waals surface area contributed by atoms with E-state index in [1.165, 1.54) is 11.0 Å². The van der Waals surface area contributed by atoms with E-state index in [9.17, 15) is 9.59 Å². The van der Waals surface area contributed by atoms with E-state index in [0.717, 1.165) is 11.3 Å². The van der Waals surface area contributed by atoms with Crippen LogP contribution >= 0.6 is 0 Å². The fourth-order valence-corrected chi connectivity index (χ4v) is 2.31. The molecule has 9 nitrogen and oxygen atoms in total. The SMILES string of the molecule is CCOC(=O)N[C@H](C(=O)O[C@H](C)c1cccc(-n2cnnn2)c1)C(C)C. The number of rotatable bonds is 7. The smallest absolute Gasteiger partial charge is 0.407 e. The zero-order valence-electron chi connectivity index (χ0n) is 15.2. The van der Waals surface area contributed by atoms with Gasteiger partial charge in [0, 0.05) is 0 Å². The molecule has 0 unspecified atom stereocenters. The minimum Gasteiger partial charge on any atom is -0.456 e. The summed E-state index contributed by atoms with van der Waals surface area (Å²) in [7, 11) is 0. The second kappa shape index (κ2) is 8.93. The molecule has 0 aliphatic rings. The van der Waals surface area contributed by atoms with Crippen LogP contribution in [0.15, 0.2) is 30.6 Å². The zero-order chi connectivity index (χ0) is 19.1. The van der Waals surface area contributed by atoms with Crippen LogP contribution in [0.3, 0.4) is 0 Å². The maximum atomic E-state index is 12.5. The average molecular weight is 361 g/mol. The minimum absolute atomic E-state index is 0.147. The van der Waals surface area contributed by atoms with E-state index in [-0.39, 0.29) is 12.5 Å². The number of carbonyl (C=O) groups is 2. The number of ether oxygens (including phenoxy) is 2. The van der Waals surface area contributed by atoms with E-state index in [1.807, 2.05) is 38.1 Å². The summed E-state index contributed by atoms with van der Waals surface area (Å²) in [6.45, 7) is 7.33. The lowest BCUT2D eigenvalue weighted by Gasteiger charge is -2.23. The normalized spacial score (nSPS) is 13.1. The van der Waals surface area contributed by atoms with E-state index < -0.39 is 24.2 Å². The van der Waals surface area contributed by atoms with Gasteiger partial charge in [0.2, 0.25) is 0 Å². The van der Waals surface area contributed by atoms with E-state index in [4.69, 9.17) is 9.47 Å². The summed E-state index contributed by atoms with van der Waals surface area (Å²) in [5.41, 5.74) is 1.53. The highest BCUT2D eigenvalue weighted by Crippen LogP contribution is 2.21. The lowest BCUT2D eigenvalue weighted by Crippen LogP contribution is -2.45. The summed E-state index contributed by atoms with van der Waals surface area (Å²) in [5.74, 6) is -0.667. The maximum Gasteiger partial charge on any atom is 0.407 e. The molecule has 140 valence electrons. The first-order valence-corrected chi connectivity index (χ1v) is 8.39. The van der Waals surface area contributed by atoms with Crippen molar-refractivity contribution in [3.8, 4) is 5.69 Å². The molecule has 0 saturated heterocycles. The van der Waals surface area contributed by atoms with E-state index >= 15 is 0 Å². The third-order valence-corrected chi connectivity index (χ3v) is 3.72. The standard InChI is InChI=1S/C17H23N5O4/c1-5-25-17(24)19-15(11(2)3)16(23)26-12(4)13-7-6-8-14(9-13)22-10-18-20-21-22/h6-12,15H,5H2,1-4H3,(H,19,24)/t12-,15+/m1/s1. The monoisotopic (exact) mass is 361 g/mol. The van der Waals surface area contributed by atoms with Gasteiger partial charge in [0.1, 0.15) is 18.5 Å². The van der Waals surface area contributed by atoms with Crippen molar-refractivity contribution in [2.45, 2.75) is 39.8 Å². The summed E-state index contributed by atoms with van der Waals surface area (Å²) in [4.78, 5) is 24.1. The molecule has 2 atom stereocenters. The molecule has 26 heavy (non-hydrogen) atoms. The van der Waals surface area contributed by atoms with Crippen molar-refractivity contribution in [3.63, 3.8) is 0 Å². The maximum absolute atomic E-state index is 12.5. The Morgan fingerprint density at radius 2 is 2.04 bits per heavy atom. The van der Waals surface area contributed by atoms with Crippen LogP contribution in [0.25, 0.3) is 5.69 Å². The van der Waals surface area contributed by atoms with Gasteiger partial charge in [-0.15, -0.1) is 5.10 Å². The predicted octanol–water partition coefficient (Wildman–Crippen LogP) is 2.04. The summed E-state index contributed by atoms with van der Waals surface area (Å²) in [6.07, 6.45) is 0.328. The van der Waals surface area contributed by atoms with Crippen LogP contribution in [-0.4, -0.2) is 44.9 Å². The molecule has 1 N–H and O–H groups in total. The van der Waals surface area contributed by atoms with Crippen LogP contribution in [0.5, 0.6) is 0 Å². The van der Waals surface area contributed by atoms with Crippen LogP contribution in [0.1, 0.15) is 39.4 Å². The van der Waals surface area contributed by atoms with Gasteiger partial charge in [-0.2, -0.15) is 0 Å². The minimum atomic E-state index is -0.792. The molecular formula is C17H23N5O4. The molecule has 1 aromatic heterocycles. The Labute approximate surface area is 151 Å². The van der Waals surface area contributed by atoms with Crippen molar-refractivity contribution in [1.29, 1.82) is 0 Å². The Hall–Kier alpha value is -2.97.